The van der Waals surface area contributed by atoms with Crippen molar-refractivity contribution in [3.05, 3.63) is 0 Å². The average molecular weight is 222 g/mol. The molecule has 0 spiro atoms. The van der Waals surface area contributed by atoms with Crippen LogP contribution in [0, 0.1) is 5.92 Å². The molecule has 5 fully saturated rings. The molecule has 2 N–H and O–H groups in total. The van der Waals surface area contributed by atoms with E-state index in [0.29, 0.717) is 0 Å². The topological polar surface area (TPSA) is 24.1 Å². The van der Waals surface area contributed by atoms with Crippen molar-refractivity contribution in [1.82, 2.24) is 10.6 Å². The van der Waals surface area contributed by atoms with E-state index in [1.54, 1.807) is 0 Å². The molecule has 2 unspecified atom stereocenters. The number of nitrogens with one attached hydrogen (secondary N) is 2. The van der Waals surface area contributed by atoms with Gasteiger partial charge in [-0.15, -0.1) is 0 Å². The summed E-state index contributed by atoms with van der Waals surface area (Å²) in [6, 6.07) is 2.72. The lowest BCUT2D eigenvalue weighted by molar-refractivity contribution is 0.213. The van der Waals surface area contributed by atoms with E-state index >= 15 is 0 Å². The van der Waals surface area contributed by atoms with Crippen LogP contribution in [0.2, 0.25) is 0 Å². The van der Waals surface area contributed by atoms with Gasteiger partial charge >= 0.3 is 0 Å². The molecular formula is C14H26N2. The molecule has 1 saturated carbocycles. The molecule has 0 radical (unpaired) electrons. The minimum atomic E-state index is 0.903. The maximum atomic E-state index is 3.59. The summed E-state index contributed by atoms with van der Waals surface area (Å²) in [4.78, 5) is 0. The molecule has 92 valence electrons. The van der Waals surface area contributed by atoms with E-state index in [1.165, 1.54) is 64.3 Å². The molecule has 4 aliphatic heterocycles. The van der Waals surface area contributed by atoms with Crippen molar-refractivity contribution in [3.63, 3.8) is 0 Å². The fraction of sp³-hybridized carbons (Fsp3) is 1.00. The Balaban J connectivity index is 0.000000101. The number of hydrogen-bond donors (Lipinski definition) is 2. The molecule has 0 amide bonds. The Labute approximate surface area is 99.6 Å². The van der Waals surface area contributed by atoms with Gasteiger partial charge in [0.15, 0.2) is 0 Å². The molecule has 4 heterocycles. The highest BCUT2D eigenvalue weighted by Gasteiger charge is 2.27. The van der Waals surface area contributed by atoms with Gasteiger partial charge in [0.2, 0.25) is 0 Å². The molecule has 4 saturated heterocycles. The van der Waals surface area contributed by atoms with Gasteiger partial charge in [-0.3, -0.25) is 0 Å². The van der Waals surface area contributed by atoms with Crippen LogP contribution in [-0.4, -0.2) is 24.7 Å². The molecule has 2 nitrogen and oxygen atoms in total. The first kappa shape index (κ1) is 11.0. The van der Waals surface area contributed by atoms with E-state index in [4.69, 9.17) is 0 Å². The quantitative estimate of drug-likeness (QED) is 0.658. The molecule has 16 heavy (non-hydrogen) atoms. The SMILES string of the molecule is C1CC2CCC(C1)N2.C1CC2CCC1CN2. The molecule has 0 aromatic rings. The van der Waals surface area contributed by atoms with Gasteiger partial charge in [0.25, 0.3) is 0 Å². The van der Waals surface area contributed by atoms with Crippen molar-refractivity contribution in [2.45, 2.75) is 75.9 Å². The smallest absolute Gasteiger partial charge is 0.00702 e. The van der Waals surface area contributed by atoms with E-state index in [0.717, 1.165) is 24.0 Å². The highest BCUT2D eigenvalue weighted by atomic mass is 15.0. The average Bonchev–Trinajstić information content (AvgIpc) is 2.72. The molecule has 4 bridgehead atoms. The maximum absolute atomic E-state index is 3.59. The molecule has 5 rings (SSSR count). The second-order valence-corrected chi connectivity index (χ2v) is 6.19. The van der Waals surface area contributed by atoms with Crippen LogP contribution in [0.5, 0.6) is 0 Å². The third kappa shape index (κ3) is 2.60. The fourth-order valence-corrected chi connectivity index (χ4v) is 3.87. The van der Waals surface area contributed by atoms with Gasteiger partial charge < -0.3 is 10.6 Å². The number of fused-ring (bicyclic) bond motifs is 5. The summed E-state index contributed by atoms with van der Waals surface area (Å²) in [5, 5.41) is 7.11. The standard InChI is InChI=1S/2C7H13N/c1-3-7-4-2-6(1)5-8-7;1-2-6-4-5-7(3-1)8-6/h2*6-8H,1-5H2. The van der Waals surface area contributed by atoms with Gasteiger partial charge in [-0.1, -0.05) is 6.42 Å². The maximum Gasteiger partial charge on any atom is 0.00702 e. The summed E-state index contributed by atoms with van der Waals surface area (Å²) >= 11 is 0. The predicted octanol–water partition coefficient (Wildman–Crippen LogP) is 2.44. The van der Waals surface area contributed by atoms with Crippen molar-refractivity contribution < 1.29 is 0 Å². The normalized spacial score (nSPS) is 45.0. The first-order valence-corrected chi connectivity index (χ1v) is 7.39. The summed E-state index contributed by atoms with van der Waals surface area (Å²) < 4.78 is 0. The zero-order valence-electron chi connectivity index (χ0n) is 10.4. The van der Waals surface area contributed by atoms with Crippen molar-refractivity contribution in [1.29, 1.82) is 0 Å². The van der Waals surface area contributed by atoms with Crippen molar-refractivity contribution in [2.75, 3.05) is 6.54 Å². The molecule has 0 aromatic heterocycles. The van der Waals surface area contributed by atoms with E-state index in [-0.39, 0.29) is 0 Å². The minimum Gasteiger partial charge on any atom is -0.314 e. The Morgan fingerprint density at radius 2 is 1.25 bits per heavy atom. The van der Waals surface area contributed by atoms with Gasteiger partial charge in [0.05, 0.1) is 0 Å². The van der Waals surface area contributed by atoms with Gasteiger partial charge in [-0.05, 0) is 63.8 Å². The Hall–Kier alpha value is -0.0800. The van der Waals surface area contributed by atoms with Crippen molar-refractivity contribution >= 4 is 0 Å². The Bertz CT molecular complexity index is 171. The monoisotopic (exact) mass is 222 g/mol. The largest absolute Gasteiger partial charge is 0.314 e. The van der Waals surface area contributed by atoms with Crippen LogP contribution < -0.4 is 10.6 Å². The van der Waals surface area contributed by atoms with Crippen LogP contribution in [0.4, 0.5) is 0 Å². The predicted molar refractivity (Wildman–Crippen MR) is 67.5 cm³/mol. The summed E-state index contributed by atoms with van der Waals surface area (Å²) in [5.74, 6) is 1.04. The molecule has 1 aliphatic carbocycles. The van der Waals surface area contributed by atoms with Crippen molar-refractivity contribution in [2.24, 2.45) is 5.92 Å². The van der Waals surface area contributed by atoms with Crippen LogP contribution in [-0.2, 0) is 0 Å². The highest BCUT2D eigenvalue weighted by Crippen LogP contribution is 2.28. The highest BCUT2D eigenvalue weighted by molar-refractivity contribution is 4.87. The summed E-state index contributed by atoms with van der Waals surface area (Å²) in [5.41, 5.74) is 0. The number of piperidine rings is 3. The first-order chi connectivity index (χ1) is 7.90. The zero-order valence-corrected chi connectivity index (χ0v) is 10.4. The van der Waals surface area contributed by atoms with Crippen LogP contribution in [0.1, 0.15) is 57.8 Å². The Kier molecular flexibility index (Phi) is 3.49. The van der Waals surface area contributed by atoms with Gasteiger partial charge in [0, 0.05) is 18.1 Å². The summed E-state index contributed by atoms with van der Waals surface area (Å²) in [6.45, 7) is 1.31. The van der Waals surface area contributed by atoms with Crippen molar-refractivity contribution in [3.8, 4) is 0 Å². The lowest BCUT2D eigenvalue weighted by Crippen LogP contribution is -2.44. The van der Waals surface area contributed by atoms with Crippen LogP contribution in [0.3, 0.4) is 0 Å². The van der Waals surface area contributed by atoms with Crippen LogP contribution >= 0.6 is 0 Å². The Morgan fingerprint density at radius 1 is 0.625 bits per heavy atom. The summed E-state index contributed by atoms with van der Waals surface area (Å²) in [7, 11) is 0. The van der Waals surface area contributed by atoms with E-state index in [9.17, 15) is 0 Å². The lowest BCUT2D eigenvalue weighted by Gasteiger charge is -2.36. The number of rotatable bonds is 0. The second kappa shape index (κ2) is 5.05. The molecule has 2 heteroatoms. The molecule has 2 atom stereocenters. The molecular weight excluding hydrogens is 196 g/mol. The second-order valence-electron chi connectivity index (χ2n) is 6.19. The van der Waals surface area contributed by atoms with Crippen LogP contribution in [0.15, 0.2) is 0 Å². The first-order valence-electron chi connectivity index (χ1n) is 7.39. The summed E-state index contributed by atoms with van der Waals surface area (Å²) in [6.07, 6.45) is 13.1. The van der Waals surface area contributed by atoms with Gasteiger partial charge in [-0.25, -0.2) is 0 Å². The third-order valence-electron chi connectivity index (χ3n) is 4.98. The molecule has 5 aliphatic rings. The minimum absolute atomic E-state index is 0.903. The fourth-order valence-electron chi connectivity index (χ4n) is 3.87. The van der Waals surface area contributed by atoms with E-state index in [2.05, 4.69) is 10.6 Å². The van der Waals surface area contributed by atoms with Gasteiger partial charge in [0.1, 0.15) is 0 Å². The van der Waals surface area contributed by atoms with Crippen LogP contribution in [0.25, 0.3) is 0 Å². The van der Waals surface area contributed by atoms with E-state index < -0.39 is 0 Å². The number of hydrogen-bond acceptors (Lipinski definition) is 2. The molecule has 0 aromatic carbocycles. The Morgan fingerprint density at radius 3 is 1.56 bits per heavy atom. The third-order valence-corrected chi connectivity index (χ3v) is 4.98. The van der Waals surface area contributed by atoms with E-state index in [1.807, 2.05) is 0 Å². The lowest BCUT2D eigenvalue weighted by atomic mass is 9.82. The van der Waals surface area contributed by atoms with Gasteiger partial charge in [-0.2, -0.15) is 0 Å². The zero-order chi connectivity index (χ0) is 10.8.